The van der Waals surface area contributed by atoms with Crippen molar-refractivity contribution in [2.75, 3.05) is 20.1 Å². The van der Waals surface area contributed by atoms with Gasteiger partial charge in [-0.15, -0.1) is 17.5 Å². The molecule has 1 aromatic heterocycles. The van der Waals surface area contributed by atoms with E-state index >= 15 is 0 Å². The SMILES string of the molecule is CNCCCNC(=O)c1nnn(-c2ccc(Br)cc2)c1C1CC1.Cl. The van der Waals surface area contributed by atoms with Crippen molar-refractivity contribution in [1.82, 2.24) is 25.6 Å². The highest BCUT2D eigenvalue weighted by atomic mass is 79.9. The summed E-state index contributed by atoms with van der Waals surface area (Å²) in [7, 11) is 1.90. The predicted octanol–water partition coefficient (Wildman–Crippen LogP) is 2.67. The molecule has 0 saturated heterocycles. The van der Waals surface area contributed by atoms with Crippen molar-refractivity contribution in [2.45, 2.75) is 25.2 Å². The molecule has 1 fully saturated rings. The maximum atomic E-state index is 12.4. The van der Waals surface area contributed by atoms with Crippen LogP contribution in [0.4, 0.5) is 0 Å². The van der Waals surface area contributed by atoms with Crippen LogP contribution in [-0.2, 0) is 0 Å². The van der Waals surface area contributed by atoms with E-state index in [-0.39, 0.29) is 18.3 Å². The first kappa shape index (κ1) is 18.9. The van der Waals surface area contributed by atoms with Crippen LogP contribution in [0.5, 0.6) is 0 Å². The second-order valence-electron chi connectivity index (χ2n) is 5.70. The number of hydrogen-bond acceptors (Lipinski definition) is 4. The minimum atomic E-state index is -0.133. The largest absolute Gasteiger partial charge is 0.351 e. The van der Waals surface area contributed by atoms with Crippen LogP contribution in [0.3, 0.4) is 0 Å². The smallest absolute Gasteiger partial charge is 0.273 e. The number of benzene rings is 1. The van der Waals surface area contributed by atoms with Crippen molar-refractivity contribution in [1.29, 1.82) is 0 Å². The summed E-state index contributed by atoms with van der Waals surface area (Å²) in [4.78, 5) is 12.4. The monoisotopic (exact) mass is 413 g/mol. The summed E-state index contributed by atoms with van der Waals surface area (Å²) in [5.41, 5.74) is 2.31. The molecule has 0 radical (unpaired) electrons. The van der Waals surface area contributed by atoms with Gasteiger partial charge in [-0.05, 0) is 57.1 Å². The molecule has 3 rings (SSSR count). The highest BCUT2D eigenvalue weighted by Gasteiger charge is 2.34. The molecule has 2 aromatic rings. The van der Waals surface area contributed by atoms with Crippen molar-refractivity contribution in [3.05, 3.63) is 40.1 Å². The Balaban J connectivity index is 0.00000208. The maximum Gasteiger partial charge on any atom is 0.273 e. The van der Waals surface area contributed by atoms with Crippen LogP contribution >= 0.6 is 28.3 Å². The maximum absolute atomic E-state index is 12.4. The molecular weight excluding hydrogens is 394 g/mol. The summed E-state index contributed by atoms with van der Waals surface area (Å²) in [5.74, 6) is 0.248. The van der Waals surface area contributed by atoms with Crippen LogP contribution in [0.2, 0.25) is 0 Å². The molecular formula is C16H21BrClN5O. The van der Waals surface area contributed by atoms with Gasteiger partial charge in [-0.2, -0.15) is 0 Å². The topological polar surface area (TPSA) is 71.8 Å². The second kappa shape index (κ2) is 8.60. The van der Waals surface area contributed by atoms with Crippen LogP contribution in [0.15, 0.2) is 28.7 Å². The third-order valence-corrected chi connectivity index (χ3v) is 4.37. The fraction of sp³-hybridized carbons (Fsp3) is 0.438. The lowest BCUT2D eigenvalue weighted by atomic mass is 10.2. The van der Waals surface area contributed by atoms with Gasteiger partial charge in [-0.1, -0.05) is 21.1 Å². The number of nitrogens with zero attached hydrogens (tertiary/aromatic N) is 3. The van der Waals surface area contributed by atoms with Crippen LogP contribution in [-0.4, -0.2) is 41.0 Å². The Morgan fingerprint density at radius 3 is 2.62 bits per heavy atom. The van der Waals surface area contributed by atoms with E-state index in [2.05, 4.69) is 36.9 Å². The van der Waals surface area contributed by atoms with E-state index < -0.39 is 0 Å². The summed E-state index contributed by atoms with van der Waals surface area (Å²) in [6.07, 6.45) is 3.07. The van der Waals surface area contributed by atoms with Crippen molar-refractivity contribution < 1.29 is 4.79 Å². The van der Waals surface area contributed by atoms with Crippen molar-refractivity contribution in [2.24, 2.45) is 0 Å². The van der Waals surface area contributed by atoms with Crippen molar-refractivity contribution in [3.8, 4) is 5.69 Å². The first-order chi connectivity index (χ1) is 11.2. The zero-order valence-electron chi connectivity index (χ0n) is 13.5. The highest BCUT2D eigenvalue weighted by molar-refractivity contribution is 9.10. The molecule has 1 aliphatic carbocycles. The Hall–Kier alpha value is -1.44. The Labute approximate surface area is 155 Å². The average Bonchev–Trinajstić information content (AvgIpc) is 3.30. The van der Waals surface area contributed by atoms with Crippen LogP contribution < -0.4 is 10.6 Å². The molecule has 1 aliphatic rings. The highest BCUT2D eigenvalue weighted by Crippen LogP contribution is 2.42. The molecule has 130 valence electrons. The van der Waals surface area contributed by atoms with E-state index in [9.17, 15) is 4.79 Å². The zero-order valence-corrected chi connectivity index (χ0v) is 15.9. The lowest BCUT2D eigenvalue weighted by molar-refractivity contribution is 0.0947. The summed E-state index contributed by atoms with van der Waals surface area (Å²) < 4.78 is 2.81. The molecule has 0 unspecified atom stereocenters. The van der Waals surface area contributed by atoms with Gasteiger partial charge in [0.1, 0.15) is 0 Å². The number of nitrogens with one attached hydrogen (secondary N) is 2. The molecule has 6 nitrogen and oxygen atoms in total. The van der Waals surface area contributed by atoms with Gasteiger partial charge in [0.05, 0.1) is 11.4 Å². The minimum Gasteiger partial charge on any atom is -0.351 e. The van der Waals surface area contributed by atoms with E-state index in [1.54, 1.807) is 4.68 Å². The summed E-state index contributed by atoms with van der Waals surface area (Å²) in [6, 6.07) is 7.87. The van der Waals surface area contributed by atoms with E-state index in [0.29, 0.717) is 18.2 Å². The van der Waals surface area contributed by atoms with Crippen molar-refractivity contribution in [3.63, 3.8) is 0 Å². The van der Waals surface area contributed by atoms with E-state index in [0.717, 1.165) is 41.7 Å². The third-order valence-electron chi connectivity index (χ3n) is 3.84. The molecule has 8 heteroatoms. The number of carbonyl (C=O) groups is 1. The molecule has 0 spiro atoms. The summed E-state index contributed by atoms with van der Waals surface area (Å²) in [5, 5.41) is 14.4. The molecule has 0 aliphatic heterocycles. The summed E-state index contributed by atoms with van der Waals surface area (Å²) in [6.45, 7) is 1.51. The number of rotatable bonds is 7. The first-order valence-corrected chi connectivity index (χ1v) is 8.64. The molecule has 0 atom stereocenters. The Bertz CT molecular complexity index is 684. The quantitative estimate of drug-likeness (QED) is 0.683. The van der Waals surface area contributed by atoms with E-state index in [1.807, 2.05) is 31.3 Å². The Morgan fingerprint density at radius 2 is 2.00 bits per heavy atom. The lowest BCUT2D eigenvalue weighted by Crippen LogP contribution is -2.27. The van der Waals surface area contributed by atoms with Gasteiger partial charge in [0.2, 0.25) is 0 Å². The number of carbonyl (C=O) groups excluding carboxylic acids is 1. The molecule has 24 heavy (non-hydrogen) atoms. The summed E-state index contributed by atoms with van der Waals surface area (Å²) >= 11 is 3.43. The molecule has 1 saturated carbocycles. The fourth-order valence-corrected chi connectivity index (χ4v) is 2.76. The second-order valence-corrected chi connectivity index (χ2v) is 6.61. The van der Waals surface area contributed by atoms with Gasteiger partial charge in [0.15, 0.2) is 5.69 Å². The Morgan fingerprint density at radius 1 is 1.29 bits per heavy atom. The predicted molar refractivity (Wildman–Crippen MR) is 99.2 cm³/mol. The van der Waals surface area contributed by atoms with Gasteiger partial charge in [0, 0.05) is 16.9 Å². The van der Waals surface area contributed by atoms with Crippen molar-refractivity contribution >= 4 is 34.2 Å². The van der Waals surface area contributed by atoms with Gasteiger partial charge in [0.25, 0.3) is 5.91 Å². The lowest BCUT2D eigenvalue weighted by Gasteiger charge is -2.08. The standard InChI is InChI=1S/C16H20BrN5O.ClH/c1-18-9-2-10-19-16(23)14-15(11-3-4-11)22(21-20-14)13-7-5-12(17)6-8-13;/h5-8,11,18H,2-4,9-10H2,1H3,(H,19,23);1H. The molecule has 0 bridgehead atoms. The van der Waals surface area contributed by atoms with Gasteiger partial charge >= 0.3 is 0 Å². The number of aromatic nitrogens is 3. The van der Waals surface area contributed by atoms with E-state index in [4.69, 9.17) is 0 Å². The van der Waals surface area contributed by atoms with Gasteiger partial charge < -0.3 is 10.6 Å². The normalized spacial score (nSPS) is 13.4. The van der Waals surface area contributed by atoms with Gasteiger partial charge in [-0.3, -0.25) is 4.79 Å². The number of hydrogen-bond donors (Lipinski definition) is 2. The third kappa shape index (κ3) is 4.34. The molecule has 2 N–H and O–H groups in total. The molecule has 1 amide bonds. The molecule has 1 heterocycles. The zero-order chi connectivity index (χ0) is 16.2. The average molecular weight is 415 g/mol. The van der Waals surface area contributed by atoms with E-state index in [1.165, 1.54) is 0 Å². The minimum absolute atomic E-state index is 0. The number of amides is 1. The number of halogens is 2. The van der Waals surface area contributed by atoms with Crippen LogP contribution in [0, 0.1) is 0 Å². The first-order valence-electron chi connectivity index (χ1n) is 7.85. The van der Waals surface area contributed by atoms with Gasteiger partial charge in [-0.25, -0.2) is 4.68 Å². The molecule has 1 aromatic carbocycles. The fourth-order valence-electron chi connectivity index (χ4n) is 2.50. The van der Waals surface area contributed by atoms with Crippen LogP contribution in [0.25, 0.3) is 5.69 Å². The van der Waals surface area contributed by atoms with Crippen LogP contribution in [0.1, 0.15) is 41.4 Å². The Kier molecular flexibility index (Phi) is 6.77.